The maximum atomic E-state index is 2.46. The van der Waals surface area contributed by atoms with Crippen LogP contribution in [0, 0.1) is 0 Å². The van der Waals surface area contributed by atoms with E-state index in [1.165, 1.54) is 39.5 Å². The monoisotopic (exact) mass is 535 g/mol. The Balaban J connectivity index is 0. The number of hydrogen-bond acceptors (Lipinski definition) is 0. The van der Waals surface area contributed by atoms with Crippen molar-refractivity contribution in [1.82, 2.24) is 0 Å². The fourth-order valence-corrected chi connectivity index (χ4v) is 5.00. The van der Waals surface area contributed by atoms with Gasteiger partial charge in [0, 0.05) is 33.9 Å². The summed E-state index contributed by atoms with van der Waals surface area (Å²) in [4.78, 5) is 0. The van der Waals surface area contributed by atoms with Crippen LogP contribution in [-0.2, 0) is 37.3 Å². The standard InChI is InChI=1S/C19H29Si.2ClH.Hf/c1-13-14(2)16(4)19(5,15(13)3)18-10-9-17(11-18)12-20(6,7)8;;;/h9-11H,12H2,1-8H3;2*1H;/q-1;;;/p-2. The van der Waals surface area contributed by atoms with Crippen LogP contribution in [-0.4, -0.2) is 8.07 Å². The molecule has 1 aliphatic carbocycles. The minimum absolute atomic E-state index is 0. The van der Waals surface area contributed by atoms with E-state index >= 15 is 0 Å². The molecule has 0 aliphatic heterocycles. The van der Waals surface area contributed by atoms with Crippen molar-refractivity contribution < 1.29 is 50.7 Å². The zero-order chi connectivity index (χ0) is 15.3. The van der Waals surface area contributed by atoms with Gasteiger partial charge in [-0.25, -0.2) is 6.07 Å². The molecule has 0 bridgehead atoms. The maximum absolute atomic E-state index is 2.46. The smallest absolute Gasteiger partial charge is 0.0371 e. The Morgan fingerprint density at radius 2 is 1.39 bits per heavy atom. The van der Waals surface area contributed by atoms with Crippen molar-refractivity contribution in [3.05, 3.63) is 51.6 Å². The fourth-order valence-electron chi connectivity index (χ4n) is 3.55. The van der Waals surface area contributed by atoms with Crippen molar-refractivity contribution >= 4 is 8.07 Å². The molecular formula is C19H29Cl2HfSi-3. The van der Waals surface area contributed by atoms with Crippen molar-refractivity contribution in [2.24, 2.45) is 0 Å². The summed E-state index contributed by atoms with van der Waals surface area (Å²) in [7, 11) is -1.03. The Labute approximate surface area is 175 Å². The topological polar surface area (TPSA) is 0 Å². The second kappa shape index (κ2) is 8.74. The third kappa shape index (κ3) is 4.77. The van der Waals surface area contributed by atoms with Crippen molar-refractivity contribution in [3.63, 3.8) is 0 Å². The van der Waals surface area contributed by atoms with Crippen LogP contribution in [0.25, 0.3) is 0 Å². The number of rotatable bonds is 3. The van der Waals surface area contributed by atoms with Crippen LogP contribution in [0.15, 0.2) is 40.5 Å². The van der Waals surface area contributed by atoms with Gasteiger partial charge < -0.3 is 24.8 Å². The predicted octanol–water partition coefficient (Wildman–Crippen LogP) is -0.225. The first-order valence-corrected chi connectivity index (χ1v) is 11.4. The van der Waals surface area contributed by atoms with E-state index in [9.17, 15) is 0 Å². The largest absolute Gasteiger partial charge is 1.00 e. The van der Waals surface area contributed by atoms with Crippen molar-refractivity contribution in [3.8, 4) is 0 Å². The van der Waals surface area contributed by atoms with Crippen molar-refractivity contribution in [2.75, 3.05) is 0 Å². The van der Waals surface area contributed by atoms with Gasteiger partial charge in [-0.3, -0.25) is 0 Å². The summed E-state index contributed by atoms with van der Waals surface area (Å²) in [5.74, 6) is 0. The summed E-state index contributed by atoms with van der Waals surface area (Å²) in [6.45, 7) is 18.9. The third-order valence-electron chi connectivity index (χ3n) is 5.32. The summed E-state index contributed by atoms with van der Waals surface area (Å²) in [5, 5.41) is 0. The van der Waals surface area contributed by atoms with Gasteiger partial charge in [0.1, 0.15) is 0 Å². The molecular weight excluding hydrogens is 506 g/mol. The van der Waals surface area contributed by atoms with E-state index < -0.39 is 8.07 Å². The van der Waals surface area contributed by atoms with Crippen molar-refractivity contribution in [2.45, 2.75) is 65.7 Å². The van der Waals surface area contributed by atoms with Gasteiger partial charge >= 0.3 is 0 Å². The van der Waals surface area contributed by atoms with E-state index in [2.05, 4.69) is 72.5 Å². The van der Waals surface area contributed by atoms with Gasteiger partial charge in [-0.1, -0.05) is 43.8 Å². The van der Waals surface area contributed by atoms with Gasteiger partial charge in [0.15, 0.2) is 0 Å². The molecule has 4 heteroatoms. The van der Waals surface area contributed by atoms with E-state index in [1.807, 2.05) is 0 Å². The second-order valence-electron chi connectivity index (χ2n) is 7.87. The van der Waals surface area contributed by atoms with E-state index in [1.54, 1.807) is 0 Å². The van der Waals surface area contributed by atoms with E-state index in [-0.39, 0.29) is 56.1 Å². The first kappa shape index (κ1) is 25.7. The predicted molar refractivity (Wildman–Crippen MR) is 93.2 cm³/mol. The van der Waals surface area contributed by atoms with Gasteiger partial charge in [-0.05, 0) is 44.3 Å². The number of allylic oxidation sites excluding steroid dienone is 4. The van der Waals surface area contributed by atoms with Gasteiger partial charge in [-0.2, -0.15) is 23.3 Å². The zero-order valence-corrected chi connectivity index (χ0v) is 21.8. The molecule has 0 radical (unpaired) electrons. The average Bonchev–Trinajstić information content (AvgIpc) is 2.84. The Kier molecular flexibility index (Phi) is 9.77. The zero-order valence-electron chi connectivity index (χ0n) is 15.7. The first-order valence-electron chi connectivity index (χ1n) is 7.70. The molecule has 0 unspecified atom stereocenters. The molecule has 2 rings (SSSR count). The van der Waals surface area contributed by atoms with E-state index in [0.29, 0.717) is 0 Å². The van der Waals surface area contributed by atoms with Gasteiger partial charge in [0.25, 0.3) is 0 Å². The fraction of sp³-hybridized carbons (Fsp3) is 0.526. The quantitative estimate of drug-likeness (QED) is 0.372. The minimum atomic E-state index is -1.03. The SMILES string of the molecule is CC1=C(C)C(C)(c2cc[c-](C[Si](C)(C)C)c2)C(C)=C1C.[Cl-].[Cl-].[Hf]. The molecule has 0 amide bonds. The molecule has 0 nitrogen and oxygen atoms in total. The molecule has 0 N–H and O–H groups in total. The van der Waals surface area contributed by atoms with Gasteiger partial charge in [0.2, 0.25) is 0 Å². The van der Waals surface area contributed by atoms with E-state index in [4.69, 9.17) is 0 Å². The minimum Gasteiger partial charge on any atom is -1.00 e. The van der Waals surface area contributed by atoms with E-state index in [0.717, 1.165) is 0 Å². The summed E-state index contributed by atoms with van der Waals surface area (Å²) in [5.41, 5.74) is 9.15. The molecule has 23 heavy (non-hydrogen) atoms. The molecule has 0 aromatic heterocycles. The molecule has 0 atom stereocenters. The molecule has 0 saturated heterocycles. The molecule has 1 aromatic rings. The average molecular weight is 535 g/mol. The molecule has 0 fully saturated rings. The molecule has 1 aromatic carbocycles. The van der Waals surface area contributed by atoms with Crippen LogP contribution in [0.5, 0.6) is 0 Å². The van der Waals surface area contributed by atoms with Crippen LogP contribution in [0.4, 0.5) is 0 Å². The Hall–Kier alpha value is 0.497. The van der Waals surface area contributed by atoms with Gasteiger partial charge in [-0.15, -0.1) is 0 Å². The second-order valence-corrected chi connectivity index (χ2v) is 13.3. The van der Waals surface area contributed by atoms with Gasteiger partial charge in [0.05, 0.1) is 0 Å². The Morgan fingerprint density at radius 1 is 0.957 bits per heavy atom. The Bertz CT molecular complexity index is 579. The normalized spacial score (nSPS) is 16.7. The molecule has 0 heterocycles. The first-order chi connectivity index (χ1) is 9.07. The van der Waals surface area contributed by atoms with Crippen LogP contribution in [0.2, 0.25) is 19.6 Å². The summed E-state index contributed by atoms with van der Waals surface area (Å²) >= 11 is 0. The van der Waals surface area contributed by atoms with Crippen LogP contribution in [0.1, 0.15) is 45.7 Å². The van der Waals surface area contributed by atoms with Crippen LogP contribution in [0.3, 0.4) is 0 Å². The van der Waals surface area contributed by atoms with Crippen molar-refractivity contribution in [1.29, 1.82) is 0 Å². The third-order valence-corrected chi connectivity index (χ3v) is 6.79. The molecule has 1 aliphatic rings. The molecule has 130 valence electrons. The number of hydrogen-bond donors (Lipinski definition) is 0. The number of halogens is 2. The summed E-state index contributed by atoms with van der Waals surface area (Å²) in [6.07, 6.45) is 0. The molecule has 0 saturated carbocycles. The maximum Gasteiger partial charge on any atom is 0.0371 e. The summed E-state index contributed by atoms with van der Waals surface area (Å²) in [6, 6.07) is 8.44. The molecule has 0 spiro atoms. The van der Waals surface area contributed by atoms with Crippen LogP contribution < -0.4 is 24.8 Å². The van der Waals surface area contributed by atoms with Crippen LogP contribution >= 0.6 is 0 Å². The Morgan fingerprint density at radius 3 is 1.78 bits per heavy atom. The summed E-state index contributed by atoms with van der Waals surface area (Å²) < 4.78 is 0.